The van der Waals surface area contributed by atoms with E-state index >= 15 is 0 Å². The third-order valence-corrected chi connectivity index (χ3v) is 2.31. The topological polar surface area (TPSA) is 104 Å². The van der Waals surface area contributed by atoms with Gasteiger partial charge in [-0.2, -0.15) is 0 Å². The van der Waals surface area contributed by atoms with Gasteiger partial charge in [0.25, 0.3) is 0 Å². The summed E-state index contributed by atoms with van der Waals surface area (Å²) in [5, 5.41) is 17.9. The Kier molecular flexibility index (Phi) is 3.92. The molecule has 17 heavy (non-hydrogen) atoms. The number of hydrogen-bond acceptors (Lipinski definition) is 3. The second kappa shape index (κ2) is 5.20. The highest BCUT2D eigenvalue weighted by atomic mass is 16.4. The summed E-state index contributed by atoms with van der Waals surface area (Å²) in [6, 6.07) is 5.06. The van der Waals surface area contributed by atoms with Crippen LogP contribution in [0.3, 0.4) is 0 Å². The number of nitrogens with zero attached hydrogens (tertiary/aromatic N) is 1. The van der Waals surface area contributed by atoms with Crippen LogP contribution in [0.25, 0.3) is 0 Å². The molecular formula is C11H14N2O4. The number of aliphatic carboxylic acids is 1. The second-order valence-corrected chi connectivity index (χ2v) is 3.70. The number of urea groups is 1. The van der Waals surface area contributed by atoms with E-state index in [1.165, 1.54) is 31.2 Å². The van der Waals surface area contributed by atoms with Gasteiger partial charge in [-0.25, -0.2) is 4.79 Å². The molecule has 0 bridgehead atoms. The molecule has 1 aromatic carbocycles. The number of aromatic hydroxyl groups is 1. The first-order valence-electron chi connectivity index (χ1n) is 5.00. The first-order chi connectivity index (χ1) is 7.91. The SMILES string of the molecule is C[C@@H](CN(C(N)=O)c1ccc(O)cc1)C(=O)O. The van der Waals surface area contributed by atoms with Crippen molar-refractivity contribution in [3.8, 4) is 5.75 Å². The number of amides is 2. The van der Waals surface area contributed by atoms with E-state index in [-0.39, 0.29) is 12.3 Å². The molecule has 0 saturated carbocycles. The van der Waals surface area contributed by atoms with Crippen LogP contribution in [0, 0.1) is 5.92 Å². The van der Waals surface area contributed by atoms with Gasteiger partial charge in [0, 0.05) is 12.2 Å². The Morgan fingerprint density at radius 2 is 1.88 bits per heavy atom. The van der Waals surface area contributed by atoms with Gasteiger partial charge < -0.3 is 15.9 Å². The van der Waals surface area contributed by atoms with Crippen molar-refractivity contribution in [3.63, 3.8) is 0 Å². The van der Waals surface area contributed by atoms with Crippen LogP contribution in [0.4, 0.5) is 10.5 Å². The molecule has 0 radical (unpaired) electrons. The van der Waals surface area contributed by atoms with E-state index in [1.807, 2.05) is 0 Å². The molecule has 0 heterocycles. The number of carbonyl (C=O) groups is 2. The van der Waals surface area contributed by atoms with Crippen LogP contribution in [0.15, 0.2) is 24.3 Å². The van der Waals surface area contributed by atoms with Gasteiger partial charge in [0.2, 0.25) is 0 Å². The van der Waals surface area contributed by atoms with Gasteiger partial charge in [0.15, 0.2) is 0 Å². The molecule has 0 fully saturated rings. The molecule has 6 heteroatoms. The lowest BCUT2D eigenvalue weighted by atomic mass is 10.1. The van der Waals surface area contributed by atoms with Crippen molar-refractivity contribution in [2.45, 2.75) is 6.92 Å². The van der Waals surface area contributed by atoms with Crippen molar-refractivity contribution in [3.05, 3.63) is 24.3 Å². The molecule has 4 N–H and O–H groups in total. The molecule has 6 nitrogen and oxygen atoms in total. The minimum absolute atomic E-state index is 0.0184. The van der Waals surface area contributed by atoms with Crippen LogP contribution in [0.1, 0.15) is 6.92 Å². The summed E-state index contributed by atoms with van der Waals surface area (Å²) in [5.41, 5.74) is 5.63. The minimum atomic E-state index is -1.00. The molecule has 0 aliphatic heterocycles. The first-order valence-corrected chi connectivity index (χ1v) is 5.00. The van der Waals surface area contributed by atoms with Crippen LogP contribution in [-0.2, 0) is 4.79 Å². The summed E-state index contributed by atoms with van der Waals surface area (Å²) >= 11 is 0. The number of phenols is 1. The lowest BCUT2D eigenvalue weighted by Crippen LogP contribution is -2.40. The smallest absolute Gasteiger partial charge is 0.319 e. The van der Waals surface area contributed by atoms with Gasteiger partial charge in [-0.05, 0) is 24.3 Å². The highest BCUT2D eigenvalue weighted by molar-refractivity contribution is 5.91. The van der Waals surface area contributed by atoms with Gasteiger partial charge in [0.05, 0.1) is 5.92 Å². The van der Waals surface area contributed by atoms with E-state index in [0.717, 1.165) is 4.90 Å². The van der Waals surface area contributed by atoms with Crippen molar-refractivity contribution in [1.82, 2.24) is 0 Å². The number of carboxylic acids is 1. The van der Waals surface area contributed by atoms with E-state index in [2.05, 4.69) is 0 Å². The van der Waals surface area contributed by atoms with E-state index in [9.17, 15) is 9.59 Å². The van der Waals surface area contributed by atoms with Crippen LogP contribution in [0.2, 0.25) is 0 Å². The average molecular weight is 238 g/mol. The molecule has 1 atom stereocenters. The van der Waals surface area contributed by atoms with E-state index < -0.39 is 17.9 Å². The fourth-order valence-corrected chi connectivity index (χ4v) is 1.31. The Labute approximate surface area is 98.3 Å². The quantitative estimate of drug-likeness (QED) is 0.727. The third-order valence-electron chi connectivity index (χ3n) is 2.31. The Morgan fingerprint density at radius 3 is 2.29 bits per heavy atom. The zero-order valence-corrected chi connectivity index (χ0v) is 9.33. The van der Waals surface area contributed by atoms with Crippen molar-refractivity contribution >= 4 is 17.7 Å². The fourth-order valence-electron chi connectivity index (χ4n) is 1.31. The van der Waals surface area contributed by atoms with E-state index in [4.69, 9.17) is 15.9 Å². The minimum Gasteiger partial charge on any atom is -0.508 e. The Bertz CT molecular complexity index is 416. The number of rotatable bonds is 4. The molecular weight excluding hydrogens is 224 g/mol. The maximum absolute atomic E-state index is 11.2. The molecule has 1 rings (SSSR count). The molecule has 0 saturated heterocycles. The van der Waals surface area contributed by atoms with Crippen molar-refractivity contribution in [2.75, 3.05) is 11.4 Å². The Hall–Kier alpha value is -2.24. The van der Waals surface area contributed by atoms with Crippen molar-refractivity contribution in [1.29, 1.82) is 0 Å². The molecule has 92 valence electrons. The highest BCUT2D eigenvalue weighted by Gasteiger charge is 2.20. The number of hydrogen-bond donors (Lipinski definition) is 3. The zero-order valence-electron chi connectivity index (χ0n) is 9.33. The summed E-state index contributed by atoms with van der Waals surface area (Å²) < 4.78 is 0. The Balaban J connectivity index is 2.90. The van der Waals surface area contributed by atoms with Gasteiger partial charge in [-0.3, -0.25) is 9.69 Å². The monoisotopic (exact) mass is 238 g/mol. The van der Waals surface area contributed by atoms with Crippen LogP contribution in [0.5, 0.6) is 5.75 Å². The molecule has 0 aliphatic rings. The summed E-state index contributed by atoms with van der Waals surface area (Å²) in [6.07, 6.45) is 0. The summed E-state index contributed by atoms with van der Waals surface area (Å²) in [6.45, 7) is 1.47. The fraction of sp³-hybridized carbons (Fsp3) is 0.273. The lowest BCUT2D eigenvalue weighted by molar-refractivity contribution is -0.140. The molecule has 0 aromatic heterocycles. The number of carbonyl (C=O) groups excluding carboxylic acids is 1. The number of phenolic OH excluding ortho intramolecular Hbond substituents is 1. The van der Waals surface area contributed by atoms with Crippen LogP contribution < -0.4 is 10.6 Å². The Morgan fingerprint density at radius 1 is 1.35 bits per heavy atom. The highest BCUT2D eigenvalue weighted by Crippen LogP contribution is 2.19. The standard InChI is InChI=1S/C11H14N2O4/c1-7(10(15)16)6-13(11(12)17)8-2-4-9(14)5-3-8/h2-5,7,14H,6H2,1H3,(H2,12,17)(H,15,16)/t7-/m0/s1. The number of carboxylic acid groups (broad SMARTS) is 1. The van der Waals surface area contributed by atoms with Crippen LogP contribution >= 0.6 is 0 Å². The maximum atomic E-state index is 11.2. The predicted molar refractivity (Wildman–Crippen MR) is 61.8 cm³/mol. The molecule has 1 aromatic rings. The number of nitrogens with two attached hydrogens (primary N) is 1. The predicted octanol–water partition coefficient (Wildman–Crippen LogP) is 0.998. The summed E-state index contributed by atoms with van der Waals surface area (Å²) in [4.78, 5) is 23.1. The van der Waals surface area contributed by atoms with E-state index in [1.54, 1.807) is 0 Å². The molecule has 2 amide bonds. The normalized spacial score (nSPS) is 11.8. The molecule has 0 unspecified atom stereocenters. The van der Waals surface area contributed by atoms with Crippen LogP contribution in [-0.4, -0.2) is 28.8 Å². The van der Waals surface area contributed by atoms with Crippen molar-refractivity contribution < 1.29 is 19.8 Å². The average Bonchev–Trinajstić information content (AvgIpc) is 2.26. The third kappa shape index (κ3) is 3.37. The summed E-state index contributed by atoms with van der Waals surface area (Å²) in [5.74, 6) is -1.67. The lowest BCUT2D eigenvalue weighted by Gasteiger charge is -2.22. The number of benzene rings is 1. The largest absolute Gasteiger partial charge is 0.508 e. The summed E-state index contributed by atoms with van der Waals surface area (Å²) in [7, 11) is 0. The molecule has 0 spiro atoms. The second-order valence-electron chi connectivity index (χ2n) is 3.70. The van der Waals surface area contributed by atoms with Gasteiger partial charge in [-0.1, -0.05) is 6.92 Å². The first kappa shape index (κ1) is 12.8. The van der Waals surface area contributed by atoms with E-state index in [0.29, 0.717) is 5.69 Å². The number of primary amides is 1. The maximum Gasteiger partial charge on any atom is 0.319 e. The van der Waals surface area contributed by atoms with Gasteiger partial charge in [0.1, 0.15) is 5.75 Å². The van der Waals surface area contributed by atoms with Crippen molar-refractivity contribution in [2.24, 2.45) is 11.7 Å². The van der Waals surface area contributed by atoms with Gasteiger partial charge >= 0.3 is 12.0 Å². The molecule has 0 aliphatic carbocycles. The van der Waals surface area contributed by atoms with Gasteiger partial charge in [-0.15, -0.1) is 0 Å². The zero-order chi connectivity index (χ0) is 13.0. The number of anilines is 1.